The molecule has 0 saturated carbocycles. The maximum atomic E-state index is 12.4. The summed E-state index contributed by atoms with van der Waals surface area (Å²) in [7, 11) is 0. The summed E-state index contributed by atoms with van der Waals surface area (Å²) >= 11 is 0. The van der Waals surface area contributed by atoms with Crippen LogP contribution in [0.3, 0.4) is 0 Å². The van der Waals surface area contributed by atoms with Crippen LogP contribution >= 0.6 is 0 Å². The number of hydrogen-bond donors (Lipinski definition) is 2. The van der Waals surface area contributed by atoms with Gasteiger partial charge in [-0.3, -0.25) is 19.5 Å². The molecule has 3 aromatic heterocycles. The molecule has 3 rings (SSSR count). The lowest BCUT2D eigenvalue weighted by Crippen LogP contribution is -2.35. The lowest BCUT2D eigenvalue weighted by Gasteiger charge is -2.14. The zero-order valence-electron chi connectivity index (χ0n) is 16.6. The zero-order chi connectivity index (χ0) is 20.6. The van der Waals surface area contributed by atoms with E-state index in [1.54, 1.807) is 19.9 Å². The number of rotatable bonds is 4. The molecule has 1 atom stereocenters. The normalized spacial score (nSPS) is 12.9. The van der Waals surface area contributed by atoms with Crippen molar-refractivity contribution in [3.8, 4) is 0 Å². The van der Waals surface area contributed by atoms with E-state index in [0.29, 0.717) is 17.0 Å². The molecule has 0 spiro atoms. The van der Waals surface area contributed by atoms with Gasteiger partial charge in [0.25, 0.3) is 11.1 Å². The molecular formula is C19H24N6O3. The first-order valence-electron chi connectivity index (χ1n) is 9.02. The Morgan fingerprint density at radius 1 is 1.21 bits per heavy atom. The van der Waals surface area contributed by atoms with E-state index in [1.807, 2.05) is 26.8 Å². The summed E-state index contributed by atoms with van der Waals surface area (Å²) in [5, 5.41) is 9.87. The Kier molecular flexibility index (Phi) is 4.93. The molecule has 0 radical (unpaired) electrons. The molecular weight excluding hydrogens is 360 g/mol. The van der Waals surface area contributed by atoms with Crippen molar-refractivity contribution in [3.63, 3.8) is 0 Å². The summed E-state index contributed by atoms with van der Waals surface area (Å²) in [6.45, 7) is 9.38. The molecule has 0 aliphatic rings. The molecule has 0 bridgehead atoms. The molecule has 0 unspecified atom stereocenters. The zero-order valence-corrected chi connectivity index (χ0v) is 16.6. The SMILES string of the molecule is Cc1ccc(=O)n(CC(=O)N[C@H](C)c2cc(=O)n3[nH]c(C(C)(C)C)cc3n2)n1. The van der Waals surface area contributed by atoms with Gasteiger partial charge in [0.05, 0.1) is 17.4 Å². The van der Waals surface area contributed by atoms with Gasteiger partial charge in [-0.25, -0.2) is 14.2 Å². The van der Waals surface area contributed by atoms with E-state index in [4.69, 9.17) is 0 Å². The highest BCUT2D eigenvalue weighted by Crippen LogP contribution is 2.21. The Morgan fingerprint density at radius 2 is 1.93 bits per heavy atom. The lowest BCUT2D eigenvalue weighted by molar-refractivity contribution is -0.122. The fraction of sp³-hybridized carbons (Fsp3) is 0.421. The van der Waals surface area contributed by atoms with Crippen molar-refractivity contribution in [1.82, 2.24) is 29.7 Å². The van der Waals surface area contributed by atoms with Crippen molar-refractivity contribution in [3.05, 3.63) is 62.1 Å². The molecule has 28 heavy (non-hydrogen) atoms. The van der Waals surface area contributed by atoms with Crippen LogP contribution in [0.4, 0.5) is 0 Å². The number of nitrogens with zero attached hydrogens (tertiary/aromatic N) is 4. The van der Waals surface area contributed by atoms with Crippen LogP contribution in [0.25, 0.3) is 5.65 Å². The molecule has 0 aromatic carbocycles. The van der Waals surface area contributed by atoms with Crippen molar-refractivity contribution in [1.29, 1.82) is 0 Å². The second-order valence-corrected chi connectivity index (χ2v) is 7.89. The molecule has 0 fully saturated rings. The first-order chi connectivity index (χ1) is 13.0. The fourth-order valence-electron chi connectivity index (χ4n) is 2.78. The third kappa shape index (κ3) is 4.03. The van der Waals surface area contributed by atoms with E-state index in [1.165, 1.54) is 16.6 Å². The van der Waals surface area contributed by atoms with Gasteiger partial charge in [0, 0.05) is 29.3 Å². The third-order valence-electron chi connectivity index (χ3n) is 4.39. The molecule has 3 heterocycles. The maximum absolute atomic E-state index is 12.4. The molecule has 0 aliphatic carbocycles. The molecule has 148 valence electrons. The van der Waals surface area contributed by atoms with Gasteiger partial charge in [0.1, 0.15) is 6.54 Å². The number of carbonyl (C=O) groups is 1. The van der Waals surface area contributed by atoms with E-state index >= 15 is 0 Å². The maximum Gasteiger partial charge on any atom is 0.272 e. The molecule has 9 heteroatoms. The average Bonchev–Trinajstić information content (AvgIpc) is 3.03. The van der Waals surface area contributed by atoms with Gasteiger partial charge in [-0.15, -0.1) is 0 Å². The second kappa shape index (κ2) is 7.06. The van der Waals surface area contributed by atoms with Gasteiger partial charge in [0.2, 0.25) is 5.91 Å². The van der Waals surface area contributed by atoms with Gasteiger partial charge in [-0.2, -0.15) is 5.10 Å². The number of carbonyl (C=O) groups excluding carboxylic acids is 1. The van der Waals surface area contributed by atoms with Crippen LogP contribution in [-0.4, -0.2) is 30.3 Å². The Balaban J connectivity index is 1.82. The van der Waals surface area contributed by atoms with Gasteiger partial charge < -0.3 is 5.32 Å². The number of amides is 1. The molecule has 0 saturated heterocycles. The van der Waals surface area contributed by atoms with E-state index in [-0.39, 0.29) is 29.0 Å². The highest BCUT2D eigenvalue weighted by Gasteiger charge is 2.19. The lowest BCUT2D eigenvalue weighted by atomic mass is 9.93. The number of nitrogens with one attached hydrogen (secondary N) is 2. The van der Waals surface area contributed by atoms with E-state index in [0.717, 1.165) is 10.4 Å². The summed E-state index contributed by atoms with van der Waals surface area (Å²) in [6.07, 6.45) is 0. The smallest absolute Gasteiger partial charge is 0.272 e. The van der Waals surface area contributed by atoms with Crippen molar-refractivity contribution >= 4 is 11.6 Å². The minimum atomic E-state index is -0.501. The largest absolute Gasteiger partial charge is 0.346 e. The van der Waals surface area contributed by atoms with E-state index in [9.17, 15) is 14.4 Å². The van der Waals surface area contributed by atoms with Crippen LogP contribution in [0.1, 0.15) is 50.8 Å². The third-order valence-corrected chi connectivity index (χ3v) is 4.39. The number of aryl methyl sites for hydroxylation is 1. The number of H-pyrrole nitrogens is 1. The average molecular weight is 384 g/mol. The monoisotopic (exact) mass is 384 g/mol. The highest BCUT2D eigenvalue weighted by molar-refractivity contribution is 5.76. The minimum Gasteiger partial charge on any atom is -0.346 e. The Labute approximate surface area is 161 Å². The van der Waals surface area contributed by atoms with Crippen molar-refractivity contribution in [2.24, 2.45) is 0 Å². The van der Waals surface area contributed by atoms with Crippen molar-refractivity contribution in [2.45, 2.75) is 52.6 Å². The van der Waals surface area contributed by atoms with Crippen LogP contribution in [0.5, 0.6) is 0 Å². The number of fused-ring (bicyclic) bond motifs is 1. The molecule has 3 aromatic rings. The molecule has 1 amide bonds. The van der Waals surface area contributed by atoms with Crippen LogP contribution in [0, 0.1) is 6.92 Å². The summed E-state index contributed by atoms with van der Waals surface area (Å²) in [6, 6.07) is 5.68. The quantitative estimate of drug-likeness (QED) is 0.698. The van der Waals surface area contributed by atoms with Crippen LogP contribution in [-0.2, 0) is 16.8 Å². The summed E-state index contributed by atoms with van der Waals surface area (Å²) in [5.74, 6) is -0.390. The number of hydrogen-bond acceptors (Lipinski definition) is 5. The Hall–Kier alpha value is -3.23. The van der Waals surface area contributed by atoms with Crippen LogP contribution in [0.15, 0.2) is 33.9 Å². The molecule has 9 nitrogen and oxygen atoms in total. The predicted octanol–water partition coefficient (Wildman–Crippen LogP) is 1.06. The topological polar surface area (TPSA) is 114 Å². The van der Waals surface area contributed by atoms with Gasteiger partial charge in [-0.05, 0) is 19.9 Å². The Morgan fingerprint density at radius 3 is 2.61 bits per heavy atom. The number of aromatic nitrogens is 5. The summed E-state index contributed by atoms with van der Waals surface area (Å²) in [4.78, 5) is 41.0. The fourth-order valence-corrected chi connectivity index (χ4v) is 2.78. The standard InChI is InChI=1S/C19H24N6O3/c1-11-6-7-17(27)24(22-11)10-16(26)20-12(2)13-8-18(28)25-15(21-13)9-14(23-25)19(3,4)5/h6-9,12,23H,10H2,1-5H3,(H,20,26)/t12-/m1/s1. The van der Waals surface area contributed by atoms with Crippen LogP contribution < -0.4 is 16.4 Å². The van der Waals surface area contributed by atoms with Crippen molar-refractivity contribution < 1.29 is 4.79 Å². The highest BCUT2D eigenvalue weighted by atomic mass is 16.2. The second-order valence-electron chi connectivity index (χ2n) is 7.89. The first-order valence-corrected chi connectivity index (χ1v) is 9.02. The number of aromatic amines is 1. The summed E-state index contributed by atoms with van der Waals surface area (Å²) in [5.41, 5.74) is 1.70. The minimum absolute atomic E-state index is 0.159. The predicted molar refractivity (Wildman–Crippen MR) is 104 cm³/mol. The van der Waals surface area contributed by atoms with Crippen LogP contribution in [0.2, 0.25) is 0 Å². The summed E-state index contributed by atoms with van der Waals surface area (Å²) < 4.78 is 2.49. The van der Waals surface area contributed by atoms with Gasteiger partial charge >= 0.3 is 0 Å². The van der Waals surface area contributed by atoms with Gasteiger partial charge in [-0.1, -0.05) is 20.8 Å². The van der Waals surface area contributed by atoms with E-state index < -0.39 is 6.04 Å². The first kappa shape index (κ1) is 19.5. The molecule has 2 N–H and O–H groups in total. The van der Waals surface area contributed by atoms with Crippen molar-refractivity contribution in [2.75, 3.05) is 0 Å². The molecule has 0 aliphatic heterocycles. The van der Waals surface area contributed by atoms with E-state index in [2.05, 4.69) is 20.5 Å². The van der Waals surface area contributed by atoms with Gasteiger partial charge in [0.15, 0.2) is 5.65 Å². The Bertz CT molecular complexity index is 1150.